The molecule has 1 aliphatic heterocycles. The van der Waals surface area contributed by atoms with E-state index in [-0.39, 0.29) is 5.91 Å². The summed E-state index contributed by atoms with van der Waals surface area (Å²) in [6, 6.07) is 4.30. The molecular weight excluding hydrogens is 270 g/mol. The van der Waals surface area contributed by atoms with Crippen molar-refractivity contribution in [2.75, 3.05) is 6.61 Å². The topological polar surface area (TPSA) is 75.6 Å². The smallest absolute Gasteiger partial charge is 0.330 e. The van der Waals surface area contributed by atoms with Crippen molar-refractivity contribution in [2.24, 2.45) is 0 Å². The number of hydrogen-bond donors (Lipinski definition) is 2. The highest BCUT2D eigenvalue weighted by Crippen LogP contribution is 2.28. The third-order valence-corrected chi connectivity index (χ3v) is 3.61. The SMILES string of the molecule is CCCCCC(=O)NC(C(=O)O)c1ccc2c(c1)CCO2. The Morgan fingerprint density at radius 3 is 2.90 bits per heavy atom. The molecule has 114 valence electrons. The van der Waals surface area contributed by atoms with Crippen LogP contribution in [0.15, 0.2) is 18.2 Å². The number of fused-ring (bicyclic) bond motifs is 1. The third-order valence-electron chi connectivity index (χ3n) is 3.61. The first-order chi connectivity index (χ1) is 10.1. The number of aliphatic carboxylic acids is 1. The number of nitrogens with one attached hydrogen (secondary N) is 1. The Labute approximate surface area is 124 Å². The molecule has 0 radical (unpaired) electrons. The fraction of sp³-hybridized carbons (Fsp3) is 0.500. The lowest BCUT2D eigenvalue weighted by Gasteiger charge is -2.15. The molecule has 1 aromatic rings. The summed E-state index contributed by atoms with van der Waals surface area (Å²) < 4.78 is 5.41. The average molecular weight is 291 g/mol. The van der Waals surface area contributed by atoms with Crippen molar-refractivity contribution in [3.8, 4) is 5.75 Å². The Morgan fingerprint density at radius 2 is 2.19 bits per heavy atom. The number of amides is 1. The summed E-state index contributed by atoms with van der Waals surface area (Å²) in [7, 11) is 0. The van der Waals surface area contributed by atoms with Crippen LogP contribution in [-0.4, -0.2) is 23.6 Å². The van der Waals surface area contributed by atoms with E-state index in [1.165, 1.54) is 0 Å². The van der Waals surface area contributed by atoms with Crippen molar-refractivity contribution < 1.29 is 19.4 Å². The van der Waals surface area contributed by atoms with E-state index in [2.05, 4.69) is 12.2 Å². The molecule has 0 fully saturated rings. The molecule has 1 aliphatic rings. The second kappa shape index (κ2) is 7.11. The molecule has 21 heavy (non-hydrogen) atoms. The molecule has 2 rings (SSSR count). The normalized spacial score (nSPS) is 14.1. The zero-order valence-corrected chi connectivity index (χ0v) is 12.2. The molecule has 1 amide bonds. The maximum absolute atomic E-state index is 11.8. The second-order valence-electron chi connectivity index (χ2n) is 5.26. The van der Waals surface area contributed by atoms with E-state index in [1.807, 2.05) is 6.07 Å². The molecule has 0 spiro atoms. The van der Waals surface area contributed by atoms with E-state index in [0.29, 0.717) is 18.6 Å². The number of carboxylic acid groups (broad SMARTS) is 1. The van der Waals surface area contributed by atoms with Gasteiger partial charge in [0, 0.05) is 12.8 Å². The maximum Gasteiger partial charge on any atom is 0.330 e. The van der Waals surface area contributed by atoms with Gasteiger partial charge in [0.25, 0.3) is 0 Å². The molecule has 5 heteroatoms. The summed E-state index contributed by atoms with van der Waals surface area (Å²) in [6.45, 7) is 2.68. The van der Waals surface area contributed by atoms with Gasteiger partial charge in [-0.1, -0.05) is 25.8 Å². The highest BCUT2D eigenvalue weighted by Gasteiger charge is 2.24. The van der Waals surface area contributed by atoms with Gasteiger partial charge >= 0.3 is 5.97 Å². The Kier molecular flexibility index (Phi) is 5.20. The van der Waals surface area contributed by atoms with Crippen LogP contribution in [0.5, 0.6) is 5.75 Å². The standard InChI is InChI=1S/C16H21NO4/c1-2-3-4-5-14(18)17-15(16(19)20)12-6-7-13-11(10-12)8-9-21-13/h6-7,10,15H,2-5,8-9H2,1H3,(H,17,18)(H,19,20). The van der Waals surface area contributed by atoms with Crippen LogP contribution in [0.1, 0.15) is 49.8 Å². The average Bonchev–Trinajstić information content (AvgIpc) is 2.92. The summed E-state index contributed by atoms with van der Waals surface area (Å²) in [5.41, 5.74) is 1.59. The number of carboxylic acids is 1. The van der Waals surface area contributed by atoms with E-state index in [1.54, 1.807) is 12.1 Å². The van der Waals surface area contributed by atoms with Crippen LogP contribution in [0, 0.1) is 0 Å². The largest absolute Gasteiger partial charge is 0.493 e. The molecule has 1 unspecified atom stereocenters. The van der Waals surface area contributed by atoms with Crippen LogP contribution in [0.25, 0.3) is 0 Å². The summed E-state index contributed by atoms with van der Waals surface area (Å²) in [5, 5.41) is 12.0. The molecule has 0 saturated heterocycles. The number of rotatable bonds is 7. The first kappa shape index (κ1) is 15.4. The molecular formula is C16H21NO4. The number of ether oxygens (including phenoxy) is 1. The Bertz CT molecular complexity index is 527. The molecule has 0 bridgehead atoms. The molecule has 5 nitrogen and oxygen atoms in total. The number of carbonyl (C=O) groups excluding carboxylic acids is 1. The van der Waals surface area contributed by atoms with Gasteiger partial charge in [0.1, 0.15) is 5.75 Å². The van der Waals surface area contributed by atoms with Gasteiger partial charge in [-0.05, 0) is 29.7 Å². The van der Waals surface area contributed by atoms with Crippen molar-refractivity contribution >= 4 is 11.9 Å². The minimum atomic E-state index is -1.04. The van der Waals surface area contributed by atoms with Gasteiger partial charge in [0.05, 0.1) is 6.61 Å². The lowest BCUT2D eigenvalue weighted by molar-refractivity contribution is -0.142. The predicted octanol–water partition coefficient (Wildman–Crippen LogP) is 2.44. The van der Waals surface area contributed by atoms with Crippen LogP contribution < -0.4 is 10.1 Å². The first-order valence-corrected chi connectivity index (χ1v) is 7.39. The predicted molar refractivity (Wildman–Crippen MR) is 78.3 cm³/mol. The molecule has 1 aromatic carbocycles. The quantitative estimate of drug-likeness (QED) is 0.757. The highest BCUT2D eigenvalue weighted by molar-refractivity contribution is 5.84. The van der Waals surface area contributed by atoms with Crippen molar-refractivity contribution in [3.63, 3.8) is 0 Å². The third kappa shape index (κ3) is 3.97. The summed E-state index contributed by atoms with van der Waals surface area (Å²) in [5.74, 6) is -0.456. The van der Waals surface area contributed by atoms with Crippen molar-refractivity contribution in [1.29, 1.82) is 0 Å². The van der Waals surface area contributed by atoms with E-state index in [4.69, 9.17) is 4.74 Å². The summed E-state index contributed by atoms with van der Waals surface area (Å²) >= 11 is 0. The molecule has 2 N–H and O–H groups in total. The summed E-state index contributed by atoms with van der Waals surface area (Å²) in [4.78, 5) is 23.3. The number of unbranched alkanes of at least 4 members (excludes halogenated alkanes) is 2. The van der Waals surface area contributed by atoms with E-state index < -0.39 is 12.0 Å². The van der Waals surface area contributed by atoms with Gasteiger partial charge in [-0.2, -0.15) is 0 Å². The highest BCUT2D eigenvalue weighted by atomic mass is 16.5. The van der Waals surface area contributed by atoms with Gasteiger partial charge in [0.2, 0.25) is 5.91 Å². The molecule has 1 atom stereocenters. The minimum absolute atomic E-state index is 0.215. The zero-order valence-electron chi connectivity index (χ0n) is 12.2. The molecule has 0 aliphatic carbocycles. The van der Waals surface area contributed by atoms with Crippen molar-refractivity contribution in [2.45, 2.75) is 45.1 Å². The fourth-order valence-electron chi connectivity index (χ4n) is 2.44. The van der Waals surface area contributed by atoms with Crippen LogP contribution in [0.4, 0.5) is 0 Å². The fourth-order valence-corrected chi connectivity index (χ4v) is 2.44. The number of hydrogen-bond acceptors (Lipinski definition) is 3. The lowest BCUT2D eigenvalue weighted by Crippen LogP contribution is -2.33. The number of carbonyl (C=O) groups is 2. The minimum Gasteiger partial charge on any atom is -0.493 e. The van der Waals surface area contributed by atoms with Crippen LogP contribution >= 0.6 is 0 Å². The Hall–Kier alpha value is -2.04. The molecule has 1 heterocycles. The molecule has 0 aromatic heterocycles. The number of benzene rings is 1. The van der Waals surface area contributed by atoms with Crippen LogP contribution in [-0.2, 0) is 16.0 Å². The zero-order chi connectivity index (χ0) is 15.2. The van der Waals surface area contributed by atoms with E-state index in [0.717, 1.165) is 37.0 Å². The Morgan fingerprint density at radius 1 is 1.38 bits per heavy atom. The van der Waals surface area contributed by atoms with Gasteiger partial charge in [-0.25, -0.2) is 4.79 Å². The van der Waals surface area contributed by atoms with E-state index in [9.17, 15) is 14.7 Å². The van der Waals surface area contributed by atoms with Gasteiger partial charge in [0.15, 0.2) is 6.04 Å². The van der Waals surface area contributed by atoms with Gasteiger partial charge in [-0.3, -0.25) is 4.79 Å². The Balaban J connectivity index is 2.05. The molecule has 0 saturated carbocycles. The van der Waals surface area contributed by atoms with Gasteiger partial charge < -0.3 is 15.2 Å². The van der Waals surface area contributed by atoms with Crippen LogP contribution in [0.3, 0.4) is 0 Å². The summed E-state index contributed by atoms with van der Waals surface area (Å²) in [6.07, 6.45) is 3.93. The maximum atomic E-state index is 11.8. The lowest BCUT2D eigenvalue weighted by atomic mass is 10.0. The van der Waals surface area contributed by atoms with E-state index >= 15 is 0 Å². The van der Waals surface area contributed by atoms with Crippen molar-refractivity contribution in [3.05, 3.63) is 29.3 Å². The monoisotopic (exact) mass is 291 g/mol. The van der Waals surface area contributed by atoms with Crippen molar-refractivity contribution in [1.82, 2.24) is 5.32 Å². The van der Waals surface area contributed by atoms with Gasteiger partial charge in [-0.15, -0.1) is 0 Å². The first-order valence-electron chi connectivity index (χ1n) is 7.39. The van der Waals surface area contributed by atoms with Crippen LogP contribution in [0.2, 0.25) is 0 Å². The second-order valence-corrected chi connectivity index (χ2v) is 5.26.